The number of nitrogens with one attached hydrogen (secondary N) is 1. The highest BCUT2D eigenvalue weighted by molar-refractivity contribution is 5.92. The third-order valence-electron chi connectivity index (χ3n) is 4.40. The molecule has 122 valence electrons. The number of rotatable bonds is 7. The van der Waals surface area contributed by atoms with Crippen molar-refractivity contribution in [3.63, 3.8) is 0 Å². The molecule has 1 aromatic carbocycles. The average Bonchev–Trinajstić information content (AvgIpc) is 2.92. The van der Waals surface area contributed by atoms with Crippen molar-refractivity contribution in [2.24, 2.45) is 0 Å². The van der Waals surface area contributed by atoms with Crippen LogP contribution in [0.1, 0.15) is 51.0 Å². The van der Waals surface area contributed by atoms with E-state index in [9.17, 15) is 4.79 Å². The molecule has 1 heterocycles. The zero-order valence-electron chi connectivity index (χ0n) is 13.7. The summed E-state index contributed by atoms with van der Waals surface area (Å²) >= 11 is 0. The first-order chi connectivity index (χ1) is 10.6. The predicted molar refractivity (Wildman–Crippen MR) is 90.1 cm³/mol. The first-order valence-corrected chi connectivity index (χ1v) is 8.35. The summed E-state index contributed by atoms with van der Waals surface area (Å²) in [6.45, 7) is 5.98. The smallest absolute Gasteiger partial charge is 0.238 e. The van der Waals surface area contributed by atoms with Crippen molar-refractivity contribution in [1.82, 2.24) is 4.90 Å². The summed E-state index contributed by atoms with van der Waals surface area (Å²) in [5, 5.41) is 11.9. The first-order valence-electron chi connectivity index (χ1n) is 8.35. The van der Waals surface area contributed by atoms with Gasteiger partial charge in [0.05, 0.1) is 6.54 Å². The normalized spacial score (nSPS) is 18.8. The minimum atomic E-state index is 0.0493. The van der Waals surface area contributed by atoms with E-state index in [0.29, 0.717) is 18.5 Å². The molecule has 1 unspecified atom stereocenters. The third kappa shape index (κ3) is 4.82. The van der Waals surface area contributed by atoms with Crippen LogP contribution in [-0.2, 0) is 4.79 Å². The molecule has 1 fully saturated rings. The van der Waals surface area contributed by atoms with Crippen LogP contribution in [0.2, 0.25) is 0 Å². The standard InChI is InChI=1S/C18H28N2O2/c1-14(2)15-7-9-16(10-8-15)19-18(22)13-20-11-3-5-17(20)6-4-12-21/h7-10,14,17,21H,3-6,11-13H2,1-2H3,(H,19,22). The van der Waals surface area contributed by atoms with Crippen molar-refractivity contribution in [2.75, 3.05) is 25.0 Å². The minimum Gasteiger partial charge on any atom is -0.396 e. The van der Waals surface area contributed by atoms with E-state index in [1.54, 1.807) is 0 Å². The topological polar surface area (TPSA) is 52.6 Å². The van der Waals surface area contributed by atoms with Crippen LogP contribution in [0.3, 0.4) is 0 Å². The van der Waals surface area contributed by atoms with Gasteiger partial charge in [0.1, 0.15) is 0 Å². The van der Waals surface area contributed by atoms with Crippen molar-refractivity contribution >= 4 is 11.6 Å². The average molecular weight is 304 g/mol. The molecule has 2 rings (SSSR count). The monoisotopic (exact) mass is 304 g/mol. The maximum atomic E-state index is 12.2. The van der Waals surface area contributed by atoms with Crippen molar-refractivity contribution in [1.29, 1.82) is 0 Å². The van der Waals surface area contributed by atoms with Gasteiger partial charge in [0, 0.05) is 18.3 Å². The number of hydrogen-bond acceptors (Lipinski definition) is 3. The van der Waals surface area contributed by atoms with Gasteiger partial charge in [-0.2, -0.15) is 0 Å². The molecule has 4 nitrogen and oxygen atoms in total. The molecular weight excluding hydrogens is 276 g/mol. The Morgan fingerprint density at radius 3 is 2.73 bits per heavy atom. The number of hydrogen-bond donors (Lipinski definition) is 2. The Labute approximate surface area is 133 Å². The van der Waals surface area contributed by atoms with E-state index in [-0.39, 0.29) is 12.5 Å². The molecule has 1 aromatic rings. The number of likely N-dealkylation sites (tertiary alicyclic amines) is 1. The highest BCUT2D eigenvalue weighted by Gasteiger charge is 2.25. The lowest BCUT2D eigenvalue weighted by molar-refractivity contribution is -0.117. The minimum absolute atomic E-state index is 0.0493. The maximum Gasteiger partial charge on any atom is 0.238 e. The number of nitrogens with zero attached hydrogens (tertiary/aromatic N) is 1. The summed E-state index contributed by atoms with van der Waals surface area (Å²) in [5.41, 5.74) is 2.14. The van der Waals surface area contributed by atoms with E-state index in [2.05, 4.69) is 36.2 Å². The number of carbonyl (C=O) groups excluding carboxylic acids is 1. The van der Waals surface area contributed by atoms with Gasteiger partial charge in [-0.25, -0.2) is 0 Å². The largest absolute Gasteiger partial charge is 0.396 e. The first kappa shape index (κ1) is 17.0. The van der Waals surface area contributed by atoms with Crippen LogP contribution < -0.4 is 5.32 Å². The zero-order chi connectivity index (χ0) is 15.9. The van der Waals surface area contributed by atoms with Crippen molar-refractivity contribution < 1.29 is 9.90 Å². The van der Waals surface area contributed by atoms with E-state index in [0.717, 1.165) is 37.9 Å². The fourth-order valence-electron chi connectivity index (χ4n) is 3.09. The highest BCUT2D eigenvalue weighted by Crippen LogP contribution is 2.21. The van der Waals surface area contributed by atoms with Crippen LogP contribution in [0.25, 0.3) is 0 Å². The van der Waals surface area contributed by atoms with Crippen LogP contribution >= 0.6 is 0 Å². The maximum absolute atomic E-state index is 12.2. The van der Waals surface area contributed by atoms with Gasteiger partial charge in [-0.15, -0.1) is 0 Å². The van der Waals surface area contributed by atoms with Gasteiger partial charge < -0.3 is 10.4 Å². The van der Waals surface area contributed by atoms with E-state index < -0.39 is 0 Å². The Bertz CT molecular complexity index is 470. The molecule has 1 aliphatic rings. The lowest BCUT2D eigenvalue weighted by atomic mass is 10.0. The van der Waals surface area contributed by atoms with E-state index in [1.165, 1.54) is 5.56 Å². The van der Waals surface area contributed by atoms with Crippen LogP contribution in [0.4, 0.5) is 5.69 Å². The number of carbonyl (C=O) groups is 1. The van der Waals surface area contributed by atoms with Crippen molar-refractivity contribution in [3.8, 4) is 0 Å². The van der Waals surface area contributed by atoms with Gasteiger partial charge in [-0.05, 0) is 55.8 Å². The van der Waals surface area contributed by atoms with Crippen molar-refractivity contribution in [3.05, 3.63) is 29.8 Å². The highest BCUT2D eigenvalue weighted by atomic mass is 16.3. The van der Waals surface area contributed by atoms with Gasteiger partial charge >= 0.3 is 0 Å². The lowest BCUT2D eigenvalue weighted by Gasteiger charge is -2.23. The van der Waals surface area contributed by atoms with Gasteiger partial charge in [0.25, 0.3) is 0 Å². The second-order valence-electron chi connectivity index (χ2n) is 6.46. The molecule has 0 aromatic heterocycles. The number of aliphatic hydroxyl groups is 1. The second-order valence-corrected chi connectivity index (χ2v) is 6.46. The van der Waals surface area contributed by atoms with Crippen LogP contribution in [0.5, 0.6) is 0 Å². The number of amides is 1. The molecule has 4 heteroatoms. The molecule has 0 aliphatic carbocycles. The summed E-state index contributed by atoms with van der Waals surface area (Å²) in [6, 6.07) is 8.53. The molecule has 0 radical (unpaired) electrons. The Kier molecular flexibility index (Phi) is 6.40. The molecule has 1 atom stereocenters. The zero-order valence-corrected chi connectivity index (χ0v) is 13.7. The van der Waals surface area contributed by atoms with Gasteiger partial charge in [-0.3, -0.25) is 9.69 Å². The number of benzene rings is 1. The fourth-order valence-corrected chi connectivity index (χ4v) is 3.09. The quantitative estimate of drug-likeness (QED) is 0.814. The Balaban J connectivity index is 1.84. The Morgan fingerprint density at radius 1 is 1.36 bits per heavy atom. The number of anilines is 1. The fraction of sp³-hybridized carbons (Fsp3) is 0.611. The molecule has 1 amide bonds. The Morgan fingerprint density at radius 2 is 2.09 bits per heavy atom. The summed E-state index contributed by atoms with van der Waals surface area (Å²) < 4.78 is 0. The van der Waals surface area contributed by atoms with Gasteiger partial charge in [0.2, 0.25) is 5.91 Å². The lowest BCUT2D eigenvalue weighted by Crippen LogP contribution is -2.36. The summed E-state index contributed by atoms with van der Waals surface area (Å²) in [6.07, 6.45) is 4.08. The molecule has 0 saturated carbocycles. The van der Waals surface area contributed by atoms with Crippen LogP contribution in [0.15, 0.2) is 24.3 Å². The summed E-state index contributed by atoms with van der Waals surface area (Å²) in [7, 11) is 0. The molecule has 1 saturated heterocycles. The summed E-state index contributed by atoms with van der Waals surface area (Å²) in [4.78, 5) is 14.4. The van der Waals surface area contributed by atoms with E-state index in [4.69, 9.17) is 5.11 Å². The third-order valence-corrected chi connectivity index (χ3v) is 4.40. The second kappa shape index (κ2) is 8.30. The van der Waals surface area contributed by atoms with Gasteiger partial charge in [0.15, 0.2) is 0 Å². The van der Waals surface area contributed by atoms with Crippen LogP contribution in [0, 0.1) is 0 Å². The molecular formula is C18H28N2O2. The van der Waals surface area contributed by atoms with E-state index >= 15 is 0 Å². The molecule has 2 N–H and O–H groups in total. The predicted octanol–water partition coefficient (Wildman–Crippen LogP) is 2.99. The van der Waals surface area contributed by atoms with Crippen molar-refractivity contribution in [2.45, 2.75) is 51.5 Å². The number of aliphatic hydroxyl groups excluding tert-OH is 1. The Hall–Kier alpha value is -1.39. The molecule has 1 aliphatic heterocycles. The molecule has 22 heavy (non-hydrogen) atoms. The van der Waals surface area contributed by atoms with Crippen LogP contribution in [-0.4, -0.2) is 41.7 Å². The molecule has 0 spiro atoms. The van der Waals surface area contributed by atoms with E-state index in [1.807, 2.05) is 12.1 Å². The summed E-state index contributed by atoms with van der Waals surface area (Å²) in [5.74, 6) is 0.551. The SMILES string of the molecule is CC(C)c1ccc(NC(=O)CN2CCCC2CCCO)cc1. The van der Waals surface area contributed by atoms with Gasteiger partial charge in [-0.1, -0.05) is 26.0 Å². The molecule has 0 bridgehead atoms.